The lowest BCUT2D eigenvalue weighted by molar-refractivity contribution is 0.527. The number of aliphatic imine (C=N–C) groups is 1. The second-order valence-corrected chi connectivity index (χ2v) is 4.60. The Labute approximate surface area is 105 Å². The third-order valence-corrected chi connectivity index (χ3v) is 3.56. The van der Waals surface area contributed by atoms with Gasteiger partial charge in [-0.15, -0.1) is 11.6 Å². The monoisotopic (exact) mass is 257 g/mol. The molecule has 2 atom stereocenters. The fourth-order valence-corrected chi connectivity index (χ4v) is 2.16. The maximum atomic E-state index is 10.5. The average molecular weight is 258 g/mol. The van der Waals surface area contributed by atoms with Gasteiger partial charge in [0.15, 0.2) is 5.00 Å². The first-order valence-electron chi connectivity index (χ1n) is 5.12. The van der Waals surface area contributed by atoms with Crippen LogP contribution in [0.25, 0.3) is 0 Å². The molecule has 0 N–H and O–H groups in total. The average Bonchev–Trinajstić information content (AvgIpc) is 2.30. The third kappa shape index (κ3) is 2.85. The summed E-state index contributed by atoms with van der Waals surface area (Å²) in [5.41, 5.74) is 0.716. The zero-order valence-electron chi connectivity index (χ0n) is 8.99. The van der Waals surface area contributed by atoms with Crippen molar-refractivity contribution < 1.29 is 4.79 Å². The number of hydrogen-bond donors (Lipinski definition) is 0. The Morgan fingerprint density at radius 1 is 1.44 bits per heavy atom. The van der Waals surface area contributed by atoms with Crippen molar-refractivity contribution >= 4 is 29.3 Å². The van der Waals surface area contributed by atoms with Crippen LogP contribution in [0.15, 0.2) is 35.3 Å². The Bertz CT molecular complexity index is 376. The summed E-state index contributed by atoms with van der Waals surface area (Å²) in [6, 6.07) is 9.15. The van der Waals surface area contributed by atoms with Crippen LogP contribution in [0.3, 0.4) is 0 Å². The van der Waals surface area contributed by atoms with Gasteiger partial charge in [0.05, 0.1) is 5.38 Å². The second kappa shape index (κ2) is 6.05. The molecular formula is C12H13Cl2NO. The summed E-state index contributed by atoms with van der Waals surface area (Å²) in [6.45, 7) is 2.00. The van der Waals surface area contributed by atoms with Crippen LogP contribution in [0.4, 0.5) is 0 Å². The SMILES string of the molecule is CCCC(Cl)C(Cl)(N=C=O)c1ccccc1. The summed E-state index contributed by atoms with van der Waals surface area (Å²) in [5, 5.41) is -0.428. The molecule has 4 heteroatoms. The molecule has 16 heavy (non-hydrogen) atoms. The molecule has 0 aromatic heterocycles. The molecule has 0 amide bonds. The van der Waals surface area contributed by atoms with E-state index in [-0.39, 0.29) is 0 Å². The molecule has 2 unspecified atom stereocenters. The maximum Gasteiger partial charge on any atom is 0.237 e. The number of nitrogens with zero attached hydrogens (tertiary/aromatic N) is 1. The van der Waals surface area contributed by atoms with Gasteiger partial charge in [0.2, 0.25) is 6.08 Å². The van der Waals surface area contributed by atoms with Gasteiger partial charge in [0.1, 0.15) is 0 Å². The number of benzene rings is 1. The molecule has 0 aliphatic carbocycles. The minimum atomic E-state index is -1.21. The lowest BCUT2D eigenvalue weighted by Gasteiger charge is -2.26. The van der Waals surface area contributed by atoms with Gasteiger partial charge in [-0.25, -0.2) is 4.79 Å². The number of halogens is 2. The van der Waals surface area contributed by atoms with E-state index in [2.05, 4.69) is 4.99 Å². The Balaban J connectivity index is 3.11. The fraction of sp³-hybridized carbons (Fsp3) is 0.417. The normalized spacial score (nSPS) is 15.9. The standard InChI is InChI=1S/C12H13Cl2NO/c1-2-6-11(13)12(14,15-9-16)10-7-4-3-5-8-10/h3-5,7-8,11H,2,6H2,1H3. The zero-order chi connectivity index (χ0) is 12.0. The molecule has 1 rings (SSSR count). The van der Waals surface area contributed by atoms with Gasteiger partial charge >= 0.3 is 0 Å². The van der Waals surface area contributed by atoms with E-state index in [9.17, 15) is 4.79 Å². The first kappa shape index (κ1) is 13.2. The van der Waals surface area contributed by atoms with Crippen molar-refractivity contribution in [2.24, 2.45) is 4.99 Å². The second-order valence-electron chi connectivity index (χ2n) is 3.50. The summed E-state index contributed by atoms with van der Waals surface area (Å²) < 4.78 is 0. The Morgan fingerprint density at radius 2 is 2.06 bits per heavy atom. The molecule has 0 saturated heterocycles. The molecule has 0 radical (unpaired) electrons. The fourth-order valence-electron chi connectivity index (χ4n) is 1.50. The van der Waals surface area contributed by atoms with Gasteiger partial charge in [0, 0.05) is 0 Å². The van der Waals surface area contributed by atoms with Crippen molar-refractivity contribution in [3.8, 4) is 0 Å². The molecule has 0 bridgehead atoms. The molecule has 0 spiro atoms. The number of isocyanates is 1. The summed E-state index contributed by atoms with van der Waals surface area (Å²) in [5.74, 6) is 0. The molecule has 0 saturated carbocycles. The van der Waals surface area contributed by atoms with E-state index >= 15 is 0 Å². The Hall–Kier alpha value is -0.820. The Morgan fingerprint density at radius 3 is 2.56 bits per heavy atom. The lowest BCUT2D eigenvalue weighted by Crippen LogP contribution is -2.28. The molecule has 0 aliphatic heterocycles. The van der Waals surface area contributed by atoms with Crippen molar-refractivity contribution in [3.05, 3.63) is 35.9 Å². The highest BCUT2D eigenvalue weighted by atomic mass is 35.5. The van der Waals surface area contributed by atoms with E-state index in [1.165, 1.54) is 6.08 Å². The molecule has 1 aromatic rings. The minimum Gasteiger partial charge on any atom is -0.211 e. The van der Waals surface area contributed by atoms with E-state index in [4.69, 9.17) is 23.2 Å². The predicted molar refractivity (Wildman–Crippen MR) is 66.6 cm³/mol. The van der Waals surface area contributed by atoms with Gasteiger partial charge < -0.3 is 0 Å². The van der Waals surface area contributed by atoms with Crippen molar-refractivity contribution in [2.75, 3.05) is 0 Å². The van der Waals surface area contributed by atoms with E-state index < -0.39 is 10.4 Å². The molecule has 2 nitrogen and oxygen atoms in total. The van der Waals surface area contributed by atoms with Crippen LogP contribution in [0.2, 0.25) is 0 Å². The summed E-state index contributed by atoms with van der Waals surface area (Å²) in [4.78, 5) is 12.9. The lowest BCUT2D eigenvalue weighted by atomic mass is 10.0. The quantitative estimate of drug-likeness (QED) is 0.341. The van der Waals surface area contributed by atoms with Crippen LogP contribution in [-0.2, 0) is 9.79 Å². The highest BCUT2D eigenvalue weighted by Crippen LogP contribution is 2.39. The Kier molecular flexibility index (Phi) is 5.01. The zero-order valence-corrected chi connectivity index (χ0v) is 10.5. The number of carbonyl (C=O) groups excluding carboxylic acids is 1. The first-order valence-corrected chi connectivity index (χ1v) is 5.94. The largest absolute Gasteiger partial charge is 0.237 e. The molecule has 86 valence electrons. The van der Waals surface area contributed by atoms with Crippen LogP contribution in [-0.4, -0.2) is 11.5 Å². The van der Waals surface area contributed by atoms with Crippen molar-refractivity contribution in [2.45, 2.75) is 30.1 Å². The predicted octanol–water partition coefficient (Wildman–Crippen LogP) is 3.82. The molecular weight excluding hydrogens is 245 g/mol. The van der Waals surface area contributed by atoms with Gasteiger partial charge in [-0.05, 0) is 12.0 Å². The van der Waals surface area contributed by atoms with Crippen LogP contribution >= 0.6 is 23.2 Å². The highest BCUT2D eigenvalue weighted by molar-refractivity contribution is 6.32. The van der Waals surface area contributed by atoms with Crippen molar-refractivity contribution in [1.29, 1.82) is 0 Å². The maximum absolute atomic E-state index is 10.5. The van der Waals surface area contributed by atoms with Gasteiger partial charge in [-0.3, -0.25) is 0 Å². The number of alkyl halides is 2. The highest BCUT2D eigenvalue weighted by Gasteiger charge is 2.37. The smallest absolute Gasteiger partial charge is 0.211 e. The van der Waals surface area contributed by atoms with E-state index in [0.29, 0.717) is 12.0 Å². The summed E-state index contributed by atoms with van der Waals surface area (Å²) in [7, 11) is 0. The summed E-state index contributed by atoms with van der Waals surface area (Å²) >= 11 is 12.5. The van der Waals surface area contributed by atoms with Gasteiger partial charge in [-0.2, -0.15) is 4.99 Å². The van der Waals surface area contributed by atoms with Crippen LogP contribution in [0.5, 0.6) is 0 Å². The third-order valence-electron chi connectivity index (χ3n) is 2.34. The number of hydrogen-bond acceptors (Lipinski definition) is 2. The summed E-state index contributed by atoms with van der Waals surface area (Å²) in [6.07, 6.45) is 3.07. The molecule has 0 fully saturated rings. The van der Waals surface area contributed by atoms with Crippen LogP contribution in [0.1, 0.15) is 25.3 Å². The van der Waals surface area contributed by atoms with Crippen LogP contribution < -0.4 is 0 Å². The van der Waals surface area contributed by atoms with E-state index in [0.717, 1.165) is 6.42 Å². The van der Waals surface area contributed by atoms with Crippen LogP contribution in [0, 0.1) is 0 Å². The minimum absolute atomic E-state index is 0.428. The van der Waals surface area contributed by atoms with Crippen molar-refractivity contribution in [3.63, 3.8) is 0 Å². The van der Waals surface area contributed by atoms with E-state index in [1.54, 1.807) is 12.1 Å². The molecule has 0 heterocycles. The first-order chi connectivity index (χ1) is 7.65. The molecule has 1 aromatic carbocycles. The molecule has 0 aliphatic rings. The van der Waals surface area contributed by atoms with Gasteiger partial charge in [0.25, 0.3) is 0 Å². The van der Waals surface area contributed by atoms with Gasteiger partial charge in [-0.1, -0.05) is 55.3 Å². The number of rotatable bonds is 5. The topological polar surface area (TPSA) is 29.4 Å². The van der Waals surface area contributed by atoms with Crippen molar-refractivity contribution in [1.82, 2.24) is 0 Å². The van der Waals surface area contributed by atoms with E-state index in [1.807, 2.05) is 25.1 Å².